The largest absolute Gasteiger partial charge is 0.371 e. The lowest BCUT2D eigenvalue weighted by Crippen LogP contribution is -2.58. The molecule has 2 aromatic carbocycles. The predicted molar refractivity (Wildman–Crippen MR) is 141 cm³/mol. The maximum atomic E-state index is 13.2. The van der Waals surface area contributed by atoms with E-state index in [1.807, 2.05) is 12.1 Å². The molecular weight excluding hydrogens is 514 g/mol. The molecule has 11 heteroatoms. The van der Waals surface area contributed by atoms with Crippen LogP contribution in [0.25, 0.3) is 10.8 Å². The summed E-state index contributed by atoms with van der Waals surface area (Å²) in [5.74, 6) is -0.443. The summed E-state index contributed by atoms with van der Waals surface area (Å²) in [4.78, 5) is 31.8. The van der Waals surface area contributed by atoms with Crippen molar-refractivity contribution >= 4 is 49.9 Å². The van der Waals surface area contributed by atoms with E-state index in [9.17, 15) is 18.0 Å². The summed E-state index contributed by atoms with van der Waals surface area (Å²) in [6, 6.07) is 14.0. The zero-order valence-electron chi connectivity index (χ0n) is 20.2. The number of nitrogens with zero attached hydrogens (tertiary/aromatic N) is 4. The van der Waals surface area contributed by atoms with Crippen LogP contribution >= 0.6 is 11.6 Å². The van der Waals surface area contributed by atoms with Gasteiger partial charge in [0.2, 0.25) is 15.9 Å². The number of sulfonamides is 1. The number of benzene rings is 2. The first-order valence-corrected chi connectivity index (χ1v) is 14.1. The Kier molecular flexibility index (Phi) is 7.32. The molecule has 0 aliphatic carbocycles. The maximum absolute atomic E-state index is 13.2. The fourth-order valence-electron chi connectivity index (χ4n) is 4.89. The average molecular weight is 542 g/mol. The van der Waals surface area contributed by atoms with Crippen molar-refractivity contribution in [2.45, 2.75) is 24.2 Å². The molecule has 0 saturated carbocycles. The van der Waals surface area contributed by atoms with Crippen LogP contribution in [0.1, 0.15) is 19.3 Å². The second-order valence-electron chi connectivity index (χ2n) is 9.41. The third-order valence-corrected chi connectivity index (χ3v) is 9.05. The quantitative estimate of drug-likeness (QED) is 0.514. The number of carbonyl (C=O) groups is 2. The van der Waals surface area contributed by atoms with E-state index >= 15 is 0 Å². The van der Waals surface area contributed by atoms with Gasteiger partial charge in [0.25, 0.3) is 5.91 Å². The van der Waals surface area contributed by atoms with Gasteiger partial charge in [-0.25, -0.2) is 8.42 Å². The van der Waals surface area contributed by atoms with Gasteiger partial charge in [-0.2, -0.15) is 4.31 Å². The van der Waals surface area contributed by atoms with Crippen molar-refractivity contribution in [2.24, 2.45) is 5.92 Å². The van der Waals surface area contributed by atoms with E-state index in [2.05, 4.69) is 15.3 Å². The van der Waals surface area contributed by atoms with E-state index in [1.54, 1.807) is 42.7 Å². The van der Waals surface area contributed by atoms with Gasteiger partial charge in [-0.3, -0.25) is 25.0 Å². The highest BCUT2D eigenvalue weighted by Gasteiger charge is 2.34. The van der Waals surface area contributed by atoms with Crippen LogP contribution < -0.4 is 10.3 Å². The molecule has 2 aliphatic rings. The van der Waals surface area contributed by atoms with Crippen LogP contribution in [0.2, 0.25) is 5.02 Å². The van der Waals surface area contributed by atoms with Gasteiger partial charge in [0.05, 0.1) is 18.0 Å². The summed E-state index contributed by atoms with van der Waals surface area (Å²) < 4.78 is 27.6. The van der Waals surface area contributed by atoms with Crippen molar-refractivity contribution in [3.63, 3.8) is 0 Å². The van der Waals surface area contributed by atoms with E-state index in [-0.39, 0.29) is 36.4 Å². The fraction of sp³-hybridized carbons (Fsp3) is 0.346. The van der Waals surface area contributed by atoms with Crippen LogP contribution in [0.3, 0.4) is 0 Å². The highest BCUT2D eigenvalue weighted by molar-refractivity contribution is 7.89. The summed E-state index contributed by atoms with van der Waals surface area (Å²) in [6.45, 7) is 1.58. The zero-order chi connectivity index (χ0) is 26.0. The molecule has 0 bridgehead atoms. The minimum absolute atomic E-state index is 0.0908. The monoisotopic (exact) mass is 541 g/mol. The molecule has 2 aliphatic heterocycles. The first kappa shape index (κ1) is 25.4. The lowest BCUT2D eigenvalue weighted by molar-refractivity contribution is -0.144. The molecule has 0 atom stereocenters. The van der Waals surface area contributed by atoms with Gasteiger partial charge in [0, 0.05) is 49.2 Å². The standard InChI is InChI=1S/C26H28ClN5O4S/c27-22-3-1-21-17-24(4-2-20(21)16-22)37(35,36)31-13-14-32(26(34)18-31)29-25(33)15-19-7-11-30(12-8-19)23-5-9-28-10-6-23/h1-6,9-10,16-17,19H,7-8,11-15,18H2,(H,29,33). The number of halogens is 1. The van der Waals surface area contributed by atoms with Crippen molar-refractivity contribution in [3.05, 3.63) is 65.9 Å². The molecule has 5 rings (SSSR count). The van der Waals surface area contributed by atoms with E-state index in [0.29, 0.717) is 11.4 Å². The van der Waals surface area contributed by atoms with Crippen LogP contribution in [0, 0.1) is 5.92 Å². The highest BCUT2D eigenvalue weighted by atomic mass is 35.5. The van der Waals surface area contributed by atoms with Gasteiger partial charge in [0.1, 0.15) is 0 Å². The number of hydrogen-bond acceptors (Lipinski definition) is 6. The molecule has 1 aromatic heterocycles. The van der Waals surface area contributed by atoms with E-state index in [4.69, 9.17) is 11.6 Å². The summed E-state index contributed by atoms with van der Waals surface area (Å²) in [6.07, 6.45) is 5.64. The Morgan fingerprint density at radius 1 is 0.973 bits per heavy atom. The molecule has 0 unspecified atom stereocenters. The second-order valence-corrected chi connectivity index (χ2v) is 11.8. The van der Waals surface area contributed by atoms with E-state index < -0.39 is 15.9 Å². The number of aromatic nitrogens is 1. The van der Waals surface area contributed by atoms with Gasteiger partial charge in [-0.15, -0.1) is 0 Å². The predicted octanol–water partition coefficient (Wildman–Crippen LogP) is 3.06. The van der Waals surface area contributed by atoms with Gasteiger partial charge in [0.15, 0.2) is 0 Å². The van der Waals surface area contributed by atoms with Crippen LogP contribution in [-0.4, -0.2) is 67.3 Å². The van der Waals surface area contributed by atoms with Gasteiger partial charge < -0.3 is 4.90 Å². The Labute approximate surface area is 221 Å². The number of hydrazine groups is 1. The minimum atomic E-state index is -3.87. The number of piperazine rings is 1. The third-order valence-electron chi connectivity index (χ3n) is 6.97. The Bertz CT molecular complexity index is 1410. The normalized spacial score (nSPS) is 17.8. The molecule has 9 nitrogen and oxygen atoms in total. The van der Waals surface area contributed by atoms with Crippen molar-refractivity contribution in [1.29, 1.82) is 0 Å². The third kappa shape index (κ3) is 5.71. The van der Waals surface area contributed by atoms with E-state index in [1.165, 1.54) is 11.1 Å². The first-order valence-electron chi connectivity index (χ1n) is 12.2. The SMILES string of the molecule is O=C(CC1CCN(c2ccncc2)CC1)NN1CCN(S(=O)(=O)c2ccc3cc(Cl)ccc3c2)CC1=O. The summed E-state index contributed by atoms with van der Waals surface area (Å²) in [5, 5.41) is 3.39. The number of anilines is 1. The number of piperidine rings is 1. The first-order chi connectivity index (χ1) is 17.8. The minimum Gasteiger partial charge on any atom is -0.371 e. The van der Waals surface area contributed by atoms with Crippen molar-refractivity contribution in [2.75, 3.05) is 37.6 Å². The summed E-state index contributed by atoms with van der Waals surface area (Å²) in [7, 11) is -3.87. The molecule has 2 amide bonds. The molecule has 2 saturated heterocycles. The average Bonchev–Trinajstić information content (AvgIpc) is 2.90. The molecule has 194 valence electrons. The number of pyridine rings is 1. The number of carbonyl (C=O) groups excluding carboxylic acids is 2. The smallest absolute Gasteiger partial charge is 0.256 e. The molecule has 2 fully saturated rings. The Hall–Kier alpha value is -3.21. The second kappa shape index (κ2) is 10.6. The number of amides is 2. The topological polar surface area (TPSA) is 103 Å². The number of hydrogen-bond donors (Lipinski definition) is 1. The Morgan fingerprint density at radius 2 is 1.68 bits per heavy atom. The highest BCUT2D eigenvalue weighted by Crippen LogP contribution is 2.26. The van der Waals surface area contributed by atoms with E-state index in [0.717, 1.165) is 46.7 Å². The Balaban J connectivity index is 1.14. The molecular formula is C26H28ClN5O4S. The maximum Gasteiger partial charge on any atom is 0.256 e. The van der Waals surface area contributed by atoms with Crippen molar-refractivity contribution < 1.29 is 18.0 Å². The zero-order valence-corrected chi connectivity index (χ0v) is 21.8. The lowest BCUT2D eigenvalue weighted by Gasteiger charge is -2.35. The van der Waals surface area contributed by atoms with Crippen molar-refractivity contribution in [3.8, 4) is 0 Å². The van der Waals surface area contributed by atoms with Crippen LogP contribution in [-0.2, 0) is 19.6 Å². The number of rotatable bonds is 6. The molecule has 0 spiro atoms. The molecule has 3 aromatic rings. The summed E-state index contributed by atoms with van der Waals surface area (Å²) in [5.41, 5.74) is 3.82. The molecule has 1 N–H and O–H groups in total. The Morgan fingerprint density at radius 3 is 2.41 bits per heavy atom. The van der Waals surface area contributed by atoms with Gasteiger partial charge in [-0.1, -0.05) is 23.7 Å². The van der Waals surface area contributed by atoms with Crippen LogP contribution in [0.4, 0.5) is 5.69 Å². The van der Waals surface area contributed by atoms with Gasteiger partial charge in [-0.05, 0) is 65.9 Å². The van der Waals surface area contributed by atoms with Gasteiger partial charge >= 0.3 is 0 Å². The number of fused-ring (bicyclic) bond motifs is 1. The lowest BCUT2D eigenvalue weighted by atomic mass is 9.93. The molecule has 0 radical (unpaired) electrons. The van der Waals surface area contributed by atoms with Crippen LogP contribution in [0.5, 0.6) is 0 Å². The molecule has 37 heavy (non-hydrogen) atoms. The fourth-order valence-corrected chi connectivity index (χ4v) is 6.48. The number of nitrogens with one attached hydrogen (secondary N) is 1. The molecule has 3 heterocycles. The summed E-state index contributed by atoms with van der Waals surface area (Å²) >= 11 is 6.02. The van der Waals surface area contributed by atoms with Crippen LogP contribution in [0.15, 0.2) is 65.8 Å². The van der Waals surface area contributed by atoms with Crippen molar-refractivity contribution in [1.82, 2.24) is 19.7 Å².